The normalized spacial score (nSPS) is 14.6. The molecule has 0 unspecified atom stereocenters. The molecule has 1 saturated heterocycles. The fraction of sp³-hybridized carbons (Fsp3) is 0.935. The Balaban J connectivity index is 2.47. The second kappa shape index (κ2) is 32.4. The van der Waals surface area contributed by atoms with Crippen LogP contribution in [0.4, 0.5) is 0 Å². The molecular formula is C46H87NO5S2. The maximum atomic E-state index is 13.1. The van der Waals surface area contributed by atoms with Gasteiger partial charge in [0, 0.05) is 35.3 Å². The number of carbonyl (C=O) groups is 3. The average Bonchev–Trinajstić information content (AvgIpc) is 3.13. The molecule has 0 aromatic rings. The highest BCUT2D eigenvalue weighted by molar-refractivity contribution is 8.14. The summed E-state index contributed by atoms with van der Waals surface area (Å²) >= 11 is 3.07. The largest absolute Gasteiger partial charge is 0.462 e. The third kappa shape index (κ3) is 26.4. The lowest BCUT2D eigenvalue weighted by Crippen LogP contribution is -2.36. The molecule has 0 bridgehead atoms. The summed E-state index contributed by atoms with van der Waals surface area (Å²) in [5.74, 6) is 2.18. The average molecular weight is 798 g/mol. The van der Waals surface area contributed by atoms with Crippen LogP contribution in [-0.2, 0) is 19.1 Å². The summed E-state index contributed by atoms with van der Waals surface area (Å²) in [4.78, 5) is 41.4. The van der Waals surface area contributed by atoms with Crippen molar-refractivity contribution in [3.8, 4) is 0 Å². The number of esters is 1. The van der Waals surface area contributed by atoms with Gasteiger partial charge in [0.1, 0.15) is 6.10 Å². The number of hydrogen-bond acceptors (Lipinski definition) is 8. The van der Waals surface area contributed by atoms with Crippen molar-refractivity contribution < 1.29 is 24.2 Å². The Morgan fingerprint density at radius 1 is 0.630 bits per heavy atom. The molecule has 0 amide bonds. The third-order valence-electron chi connectivity index (χ3n) is 11.6. The number of aliphatic hydroxyl groups excluding tert-OH is 1. The third-order valence-corrected chi connectivity index (χ3v) is 14.2. The molecule has 1 aliphatic heterocycles. The molecule has 0 aromatic heterocycles. The van der Waals surface area contributed by atoms with Crippen molar-refractivity contribution in [2.75, 3.05) is 37.7 Å². The summed E-state index contributed by atoms with van der Waals surface area (Å²) in [5, 5.41) is 9.93. The number of aliphatic hydroxyl groups is 1. The van der Waals surface area contributed by atoms with E-state index in [2.05, 4.69) is 46.4 Å². The molecule has 1 fully saturated rings. The molecule has 1 N–H and O–H groups in total. The lowest BCUT2D eigenvalue weighted by atomic mass is 9.87. The van der Waals surface area contributed by atoms with Crippen LogP contribution in [-0.4, -0.2) is 70.1 Å². The van der Waals surface area contributed by atoms with E-state index in [0.717, 1.165) is 114 Å². The van der Waals surface area contributed by atoms with Crippen molar-refractivity contribution in [2.45, 2.75) is 221 Å². The molecule has 8 heteroatoms. The SMILES string of the molecule is CCCCCCCCCSC(=O)C(C)(C)CCCCCC(CCCCCC(C)(C)C(=O)SCCCCCCCCC)OC(=O)CC1CCN(CCO)CC1. The molecule has 54 heavy (non-hydrogen) atoms. The zero-order valence-electron chi connectivity index (χ0n) is 36.3. The van der Waals surface area contributed by atoms with E-state index in [0.29, 0.717) is 29.1 Å². The molecule has 0 saturated carbocycles. The summed E-state index contributed by atoms with van der Waals surface area (Å²) in [6.45, 7) is 15.7. The van der Waals surface area contributed by atoms with E-state index in [1.165, 1.54) is 101 Å². The van der Waals surface area contributed by atoms with Crippen LogP contribution in [0.3, 0.4) is 0 Å². The first-order chi connectivity index (χ1) is 25.9. The lowest BCUT2D eigenvalue weighted by molar-refractivity contribution is -0.151. The highest BCUT2D eigenvalue weighted by atomic mass is 32.2. The van der Waals surface area contributed by atoms with Gasteiger partial charge in [0.15, 0.2) is 10.2 Å². The summed E-state index contributed by atoms with van der Waals surface area (Å²) in [7, 11) is 0. The van der Waals surface area contributed by atoms with Crippen LogP contribution < -0.4 is 0 Å². The first-order valence-corrected chi connectivity index (χ1v) is 24.8. The van der Waals surface area contributed by atoms with Crippen molar-refractivity contribution in [3.05, 3.63) is 0 Å². The maximum absolute atomic E-state index is 13.1. The van der Waals surface area contributed by atoms with Gasteiger partial charge in [-0.05, 0) is 83.2 Å². The van der Waals surface area contributed by atoms with Gasteiger partial charge in [-0.3, -0.25) is 14.4 Å². The number of thioether (sulfide) groups is 2. The second-order valence-electron chi connectivity index (χ2n) is 17.8. The predicted octanol–water partition coefficient (Wildman–Crippen LogP) is 13.0. The van der Waals surface area contributed by atoms with Crippen molar-refractivity contribution in [2.24, 2.45) is 16.7 Å². The van der Waals surface area contributed by atoms with Crippen LogP contribution in [0.2, 0.25) is 0 Å². The zero-order chi connectivity index (χ0) is 39.9. The van der Waals surface area contributed by atoms with Crippen LogP contribution in [0, 0.1) is 16.7 Å². The van der Waals surface area contributed by atoms with Gasteiger partial charge in [-0.15, -0.1) is 0 Å². The molecular weight excluding hydrogens is 711 g/mol. The monoisotopic (exact) mass is 798 g/mol. The highest BCUT2D eigenvalue weighted by Crippen LogP contribution is 2.33. The molecule has 0 aliphatic carbocycles. The lowest BCUT2D eigenvalue weighted by Gasteiger charge is -2.31. The number of ether oxygens (including phenoxy) is 1. The quantitative estimate of drug-likeness (QED) is 0.0501. The second-order valence-corrected chi connectivity index (χ2v) is 19.9. The summed E-state index contributed by atoms with van der Waals surface area (Å²) in [5.41, 5.74) is -0.599. The van der Waals surface area contributed by atoms with Crippen LogP contribution in [0.25, 0.3) is 0 Å². The molecule has 318 valence electrons. The van der Waals surface area contributed by atoms with Crippen molar-refractivity contribution in [3.63, 3.8) is 0 Å². The first-order valence-electron chi connectivity index (χ1n) is 22.8. The number of carbonyl (C=O) groups excluding carboxylic acids is 3. The van der Waals surface area contributed by atoms with E-state index >= 15 is 0 Å². The van der Waals surface area contributed by atoms with Gasteiger partial charge in [0.2, 0.25) is 0 Å². The minimum absolute atomic E-state index is 0.0602. The van der Waals surface area contributed by atoms with E-state index in [1.807, 2.05) is 0 Å². The molecule has 0 aromatic carbocycles. The molecule has 1 aliphatic rings. The van der Waals surface area contributed by atoms with Crippen molar-refractivity contribution >= 4 is 39.7 Å². The summed E-state index contributed by atoms with van der Waals surface area (Å²) in [6.07, 6.45) is 30.0. The van der Waals surface area contributed by atoms with Gasteiger partial charge in [0.05, 0.1) is 6.61 Å². The number of rotatable bonds is 35. The van der Waals surface area contributed by atoms with Crippen LogP contribution in [0.15, 0.2) is 0 Å². The molecule has 6 nitrogen and oxygen atoms in total. The van der Waals surface area contributed by atoms with Crippen LogP contribution in [0.1, 0.15) is 215 Å². The maximum Gasteiger partial charge on any atom is 0.306 e. The van der Waals surface area contributed by atoms with Gasteiger partial charge in [-0.2, -0.15) is 0 Å². The standard InChI is InChI=1S/C46H87NO5S2/c1-7-9-11-13-15-17-25-37-53-43(50)45(3,4)31-23-19-21-27-41(52-42(49)39-40-29-33-47(34-30-40)35-36-48)28-22-20-24-32-46(5,6)44(51)54-38-26-18-16-14-12-10-8-2/h40-41,48H,7-39H2,1-6H3. The minimum Gasteiger partial charge on any atom is -0.462 e. The molecule has 1 heterocycles. The Bertz CT molecular complexity index is 895. The topological polar surface area (TPSA) is 83.9 Å². The van der Waals surface area contributed by atoms with Crippen LogP contribution >= 0.6 is 23.5 Å². The Morgan fingerprint density at radius 2 is 1.04 bits per heavy atom. The highest BCUT2D eigenvalue weighted by Gasteiger charge is 2.29. The molecule has 1 rings (SSSR count). The van der Waals surface area contributed by atoms with Gasteiger partial charge in [0.25, 0.3) is 0 Å². The van der Waals surface area contributed by atoms with Crippen LogP contribution in [0.5, 0.6) is 0 Å². The summed E-state index contributed by atoms with van der Waals surface area (Å²) < 4.78 is 6.17. The Labute approximate surface area is 343 Å². The predicted molar refractivity (Wildman–Crippen MR) is 235 cm³/mol. The van der Waals surface area contributed by atoms with E-state index < -0.39 is 0 Å². The summed E-state index contributed by atoms with van der Waals surface area (Å²) in [6, 6.07) is 0. The first kappa shape index (κ1) is 51.4. The molecule has 0 atom stereocenters. The number of piperidine rings is 1. The Morgan fingerprint density at radius 3 is 1.46 bits per heavy atom. The number of nitrogens with zero attached hydrogens (tertiary/aromatic N) is 1. The van der Waals surface area contributed by atoms with E-state index in [4.69, 9.17) is 4.74 Å². The van der Waals surface area contributed by atoms with Crippen molar-refractivity contribution in [1.82, 2.24) is 4.90 Å². The fourth-order valence-corrected chi connectivity index (χ4v) is 9.62. The molecule has 0 radical (unpaired) electrons. The number of β-amino-alcohol motifs (C(OH)–C–C–N with tert-alkyl or cyclic N) is 1. The smallest absolute Gasteiger partial charge is 0.306 e. The van der Waals surface area contributed by atoms with E-state index in [1.54, 1.807) is 0 Å². The van der Waals surface area contributed by atoms with Gasteiger partial charge < -0.3 is 14.7 Å². The Kier molecular flexibility index (Phi) is 30.9. The number of hydrogen-bond donors (Lipinski definition) is 1. The van der Waals surface area contributed by atoms with E-state index in [-0.39, 0.29) is 29.5 Å². The zero-order valence-corrected chi connectivity index (χ0v) is 38.0. The van der Waals surface area contributed by atoms with Gasteiger partial charge >= 0.3 is 5.97 Å². The van der Waals surface area contributed by atoms with E-state index in [9.17, 15) is 19.5 Å². The number of unbranched alkanes of at least 4 members (excludes halogenated alkanes) is 16. The minimum atomic E-state index is -0.300. The molecule has 0 spiro atoms. The van der Waals surface area contributed by atoms with Gasteiger partial charge in [-0.25, -0.2) is 0 Å². The number of likely N-dealkylation sites (tertiary alicyclic amines) is 1. The Hall–Kier alpha value is -0.570. The fourth-order valence-electron chi connectivity index (χ4n) is 7.56. The van der Waals surface area contributed by atoms with Crippen molar-refractivity contribution in [1.29, 1.82) is 0 Å². The van der Waals surface area contributed by atoms with Gasteiger partial charge in [-0.1, -0.05) is 168 Å².